The number of nitrogens with one attached hydrogen (secondary N) is 3. The molecule has 110 valence electrons. The predicted molar refractivity (Wildman–Crippen MR) is 80.0 cm³/mol. The molecule has 1 aliphatic rings. The lowest BCUT2D eigenvalue weighted by Crippen LogP contribution is -2.46. The number of amides is 1. The molecule has 5 nitrogen and oxygen atoms in total. The maximum atomic E-state index is 12.0. The zero-order valence-corrected chi connectivity index (χ0v) is 12.4. The van der Waals surface area contributed by atoms with Crippen molar-refractivity contribution in [2.75, 3.05) is 20.6 Å². The van der Waals surface area contributed by atoms with Gasteiger partial charge in [-0.2, -0.15) is 0 Å². The Kier molecular flexibility index (Phi) is 5.11. The Morgan fingerprint density at radius 1 is 1.40 bits per heavy atom. The Labute approximate surface area is 120 Å². The van der Waals surface area contributed by atoms with Gasteiger partial charge in [0.25, 0.3) is 0 Å². The van der Waals surface area contributed by atoms with Gasteiger partial charge in [-0.05, 0) is 26.0 Å². The van der Waals surface area contributed by atoms with Crippen LogP contribution in [0.3, 0.4) is 0 Å². The summed E-state index contributed by atoms with van der Waals surface area (Å²) in [5.74, 6) is 0.123. The Morgan fingerprint density at radius 2 is 2.10 bits per heavy atom. The Morgan fingerprint density at radius 3 is 2.75 bits per heavy atom. The molecule has 3 N–H and O–H groups in total. The summed E-state index contributed by atoms with van der Waals surface area (Å²) in [5, 5.41) is 2.98. The fourth-order valence-electron chi connectivity index (χ4n) is 2.52. The van der Waals surface area contributed by atoms with Crippen molar-refractivity contribution < 1.29 is 4.79 Å². The van der Waals surface area contributed by atoms with E-state index >= 15 is 0 Å². The van der Waals surface area contributed by atoms with Crippen molar-refractivity contribution >= 4 is 5.91 Å². The van der Waals surface area contributed by atoms with E-state index in [0.717, 1.165) is 6.42 Å². The molecule has 5 heteroatoms. The van der Waals surface area contributed by atoms with Gasteiger partial charge in [-0.3, -0.25) is 10.2 Å². The molecule has 0 saturated carbocycles. The van der Waals surface area contributed by atoms with Gasteiger partial charge in [0.05, 0.1) is 6.04 Å². The number of hydrazine groups is 1. The molecule has 1 aromatic rings. The summed E-state index contributed by atoms with van der Waals surface area (Å²) in [6, 6.07) is 10.8. The number of carbonyl (C=O) groups excluding carboxylic acids is 1. The largest absolute Gasteiger partial charge is 0.343 e. The van der Waals surface area contributed by atoms with Crippen LogP contribution < -0.4 is 16.2 Å². The van der Waals surface area contributed by atoms with Crippen LogP contribution >= 0.6 is 0 Å². The van der Waals surface area contributed by atoms with Gasteiger partial charge in [0.15, 0.2) is 0 Å². The van der Waals surface area contributed by atoms with Gasteiger partial charge in [0.1, 0.15) is 0 Å². The Balaban J connectivity index is 1.86. The second-order valence-electron chi connectivity index (χ2n) is 5.41. The van der Waals surface area contributed by atoms with E-state index in [1.807, 2.05) is 20.0 Å². The average molecular weight is 276 g/mol. The summed E-state index contributed by atoms with van der Waals surface area (Å²) >= 11 is 0. The summed E-state index contributed by atoms with van der Waals surface area (Å²) in [4.78, 5) is 13.8. The highest BCUT2D eigenvalue weighted by molar-refractivity contribution is 5.81. The third kappa shape index (κ3) is 3.56. The molecule has 1 aromatic carbocycles. The molecule has 0 aliphatic carbocycles. The average Bonchev–Trinajstić information content (AvgIpc) is 2.95. The second-order valence-corrected chi connectivity index (χ2v) is 5.41. The molecule has 0 aromatic heterocycles. The number of rotatable bonds is 5. The SMILES string of the molecule is CN[C@@H](C)C(=O)N(C)CC1CC(c2ccccc2)NN1. The molecule has 1 aliphatic heterocycles. The molecule has 1 heterocycles. The predicted octanol–water partition coefficient (Wildman–Crippen LogP) is 0.661. The molecule has 0 spiro atoms. The van der Waals surface area contributed by atoms with E-state index in [0.29, 0.717) is 12.6 Å². The molecule has 20 heavy (non-hydrogen) atoms. The summed E-state index contributed by atoms with van der Waals surface area (Å²) < 4.78 is 0. The van der Waals surface area contributed by atoms with Gasteiger partial charge in [-0.15, -0.1) is 0 Å². The van der Waals surface area contributed by atoms with Crippen molar-refractivity contribution in [1.82, 2.24) is 21.1 Å². The number of hydrogen-bond acceptors (Lipinski definition) is 4. The minimum atomic E-state index is -0.140. The quantitative estimate of drug-likeness (QED) is 0.739. The first-order valence-corrected chi connectivity index (χ1v) is 7.10. The third-order valence-corrected chi connectivity index (χ3v) is 3.86. The van der Waals surface area contributed by atoms with Crippen molar-refractivity contribution in [3.05, 3.63) is 35.9 Å². The van der Waals surface area contributed by atoms with Crippen LogP contribution in [-0.2, 0) is 4.79 Å². The van der Waals surface area contributed by atoms with Crippen LogP contribution in [0.2, 0.25) is 0 Å². The number of hydrogen-bond donors (Lipinski definition) is 3. The lowest BCUT2D eigenvalue weighted by Gasteiger charge is -2.23. The minimum absolute atomic E-state index is 0.123. The standard InChI is InChI=1S/C15H24N4O/c1-11(16-2)15(20)19(3)10-13-9-14(18-17-13)12-7-5-4-6-8-12/h4-8,11,13-14,16-18H,9-10H2,1-3H3/t11-,13?,14?/m0/s1. The first-order valence-electron chi connectivity index (χ1n) is 7.10. The monoisotopic (exact) mass is 276 g/mol. The molecule has 0 radical (unpaired) electrons. The molecule has 1 fully saturated rings. The van der Waals surface area contributed by atoms with E-state index in [1.165, 1.54) is 5.56 Å². The molecular weight excluding hydrogens is 252 g/mol. The van der Waals surface area contributed by atoms with E-state index in [4.69, 9.17) is 0 Å². The third-order valence-electron chi connectivity index (χ3n) is 3.86. The van der Waals surface area contributed by atoms with Crippen molar-refractivity contribution in [2.45, 2.75) is 31.5 Å². The van der Waals surface area contributed by atoms with Crippen LogP contribution in [-0.4, -0.2) is 43.5 Å². The fourth-order valence-corrected chi connectivity index (χ4v) is 2.52. The van der Waals surface area contributed by atoms with Crippen LogP contribution in [0.1, 0.15) is 24.9 Å². The molecule has 1 amide bonds. The van der Waals surface area contributed by atoms with Gasteiger partial charge in [0, 0.05) is 25.7 Å². The number of nitrogens with zero attached hydrogens (tertiary/aromatic N) is 1. The molecule has 1 saturated heterocycles. The maximum Gasteiger partial charge on any atom is 0.239 e. The van der Waals surface area contributed by atoms with Crippen LogP contribution in [0, 0.1) is 0 Å². The van der Waals surface area contributed by atoms with E-state index < -0.39 is 0 Å². The molecule has 0 bridgehead atoms. The summed E-state index contributed by atoms with van der Waals surface area (Å²) in [5.41, 5.74) is 7.87. The second kappa shape index (κ2) is 6.83. The Hall–Kier alpha value is -1.43. The zero-order valence-electron chi connectivity index (χ0n) is 12.4. The van der Waals surface area contributed by atoms with Gasteiger partial charge in [0.2, 0.25) is 5.91 Å². The lowest BCUT2D eigenvalue weighted by molar-refractivity contribution is -0.131. The molecule has 2 unspecified atom stereocenters. The highest BCUT2D eigenvalue weighted by atomic mass is 16.2. The summed E-state index contributed by atoms with van der Waals surface area (Å²) in [6.07, 6.45) is 0.982. The maximum absolute atomic E-state index is 12.0. The first kappa shape index (κ1) is 15.0. The van der Waals surface area contributed by atoms with Crippen LogP contribution in [0.5, 0.6) is 0 Å². The van der Waals surface area contributed by atoms with Gasteiger partial charge in [-0.1, -0.05) is 30.3 Å². The normalized spacial score (nSPS) is 23.6. The van der Waals surface area contributed by atoms with Crippen molar-refractivity contribution in [3.8, 4) is 0 Å². The van der Waals surface area contributed by atoms with E-state index in [1.54, 1.807) is 11.9 Å². The molecule has 3 atom stereocenters. The van der Waals surface area contributed by atoms with Gasteiger partial charge >= 0.3 is 0 Å². The lowest BCUT2D eigenvalue weighted by atomic mass is 10.0. The summed E-state index contributed by atoms with van der Waals surface area (Å²) in [7, 11) is 3.66. The number of carbonyl (C=O) groups is 1. The topological polar surface area (TPSA) is 56.4 Å². The van der Waals surface area contributed by atoms with E-state index in [-0.39, 0.29) is 18.0 Å². The molecule has 2 rings (SSSR count). The van der Waals surface area contributed by atoms with Crippen molar-refractivity contribution in [2.24, 2.45) is 0 Å². The number of likely N-dealkylation sites (N-methyl/N-ethyl adjacent to an activating group) is 2. The zero-order chi connectivity index (χ0) is 14.5. The van der Waals surface area contributed by atoms with Gasteiger partial charge in [-0.25, -0.2) is 5.43 Å². The van der Waals surface area contributed by atoms with E-state index in [2.05, 4.69) is 40.4 Å². The number of benzene rings is 1. The van der Waals surface area contributed by atoms with Crippen molar-refractivity contribution in [1.29, 1.82) is 0 Å². The fraction of sp³-hybridized carbons (Fsp3) is 0.533. The summed E-state index contributed by atoms with van der Waals surface area (Å²) in [6.45, 7) is 2.59. The van der Waals surface area contributed by atoms with Crippen molar-refractivity contribution in [3.63, 3.8) is 0 Å². The van der Waals surface area contributed by atoms with Crippen LogP contribution in [0.15, 0.2) is 30.3 Å². The van der Waals surface area contributed by atoms with Gasteiger partial charge < -0.3 is 10.2 Å². The van der Waals surface area contributed by atoms with Crippen LogP contribution in [0.25, 0.3) is 0 Å². The molecular formula is C15H24N4O. The minimum Gasteiger partial charge on any atom is -0.343 e. The van der Waals surface area contributed by atoms with E-state index in [9.17, 15) is 4.79 Å². The first-order chi connectivity index (χ1) is 9.61. The Bertz CT molecular complexity index is 437. The van der Waals surface area contributed by atoms with Crippen LogP contribution in [0.4, 0.5) is 0 Å². The smallest absolute Gasteiger partial charge is 0.239 e. The highest BCUT2D eigenvalue weighted by Gasteiger charge is 2.27. The highest BCUT2D eigenvalue weighted by Crippen LogP contribution is 2.22.